The number of carbonyl (C=O) groups is 1. The second-order valence-electron chi connectivity index (χ2n) is 2.56. The summed E-state index contributed by atoms with van der Waals surface area (Å²) in [6.07, 6.45) is 6.22. The zero-order chi connectivity index (χ0) is 11.1. The number of terminal acetylenes is 1. The van der Waals surface area contributed by atoms with Gasteiger partial charge in [0.2, 0.25) is 0 Å². The van der Waals surface area contributed by atoms with Crippen molar-refractivity contribution >= 4 is 5.91 Å². The van der Waals surface area contributed by atoms with Crippen LogP contribution in [0.2, 0.25) is 0 Å². The average molecular weight is 208 g/mol. The lowest BCUT2D eigenvalue weighted by molar-refractivity contribution is -0.122. The summed E-state index contributed by atoms with van der Waals surface area (Å²) in [5.74, 6) is 1.02. The van der Waals surface area contributed by atoms with Crippen LogP contribution in [0.5, 0.6) is 5.75 Å². The molecule has 1 amide bonds. The van der Waals surface area contributed by atoms with E-state index in [1.54, 1.807) is 0 Å². The van der Waals surface area contributed by atoms with Crippen LogP contribution in [0.25, 0.3) is 0 Å². The van der Waals surface area contributed by atoms with Gasteiger partial charge in [-0.2, -0.15) is 4.39 Å². The number of hydrogen-bond acceptors (Lipinski definition) is 3. The molecule has 0 unspecified atom stereocenters. The zero-order valence-corrected chi connectivity index (χ0v) is 7.87. The van der Waals surface area contributed by atoms with Crippen LogP contribution < -0.4 is 10.1 Å². The van der Waals surface area contributed by atoms with E-state index in [2.05, 4.69) is 16.2 Å². The maximum Gasteiger partial charge on any atom is 0.258 e. The molecule has 78 valence electrons. The minimum atomic E-state index is -0.748. The van der Waals surface area contributed by atoms with E-state index < -0.39 is 11.9 Å². The van der Waals surface area contributed by atoms with Gasteiger partial charge in [0.05, 0.1) is 6.54 Å². The Bertz CT molecular complexity index is 387. The van der Waals surface area contributed by atoms with E-state index in [9.17, 15) is 9.18 Å². The smallest absolute Gasteiger partial charge is 0.258 e. The maximum atomic E-state index is 12.9. The number of ether oxygens (including phenoxy) is 1. The molecule has 1 aromatic rings. The first kappa shape index (κ1) is 11.0. The van der Waals surface area contributed by atoms with Gasteiger partial charge in [0, 0.05) is 6.20 Å². The van der Waals surface area contributed by atoms with Crippen LogP contribution in [0.4, 0.5) is 4.39 Å². The Morgan fingerprint density at radius 1 is 1.73 bits per heavy atom. The van der Waals surface area contributed by atoms with Crippen molar-refractivity contribution in [1.29, 1.82) is 0 Å². The summed E-state index contributed by atoms with van der Waals surface area (Å²) in [6.45, 7) is -0.165. The van der Waals surface area contributed by atoms with Gasteiger partial charge in [0.1, 0.15) is 0 Å². The SMILES string of the molecule is C#CCNC(=O)COc1cccnc1F. The van der Waals surface area contributed by atoms with Crippen LogP contribution in [0.3, 0.4) is 0 Å². The number of halogens is 1. The van der Waals surface area contributed by atoms with Crippen molar-refractivity contribution in [3.8, 4) is 18.1 Å². The summed E-state index contributed by atoms with van der Waals surface area (Å²) >= 11 is 0. The molecule has 15 heavy (non-hydrogen) atoms. The monoisotopic (exact) mass is 208 g/mol. The number of rotatable bonds is 4. The van der Waals surface area contributed by atoms with Gasteiger partial charge in [-0.05, 0) is 12.1 Å². The van der Waals surface area contributed by atoms with E-state index in [0.717, 1.165) is 0 Å². The fraction of sp³-hybridized carbons (Fsp3) is 0.200. The second-order valence-corrected chi connectivity index (χ2v) is 2.56. The Balaban J connectivity index is 2.41. The Labute approximate surface area is 86.5 Å². The number of nitrogens with one attached hydrogen (secondary N) is 1. The predicted octanol–water partition coefficient (Wildman–Crippen LogP) is 0.349. The number of aromatic nitrogens is 1. The van der Waals surface area contributed by atoms with Crippen molar-refractivity contribution in [3.05, 3.63) is 24.3 Å². The molecule has 0 radical (unpaired) electrons. The Morgan fingerprint density at radius 3 is 3.20 bits per heavy atom. The summed E-state index contributed by atoms with van der Waals surface area (Å²) in [4.78, 5) is 14.4. The number of pyridine rings is 1. The van der Waals surface area contributed by atoms with Gasteiger partial charge in [0.25, 0.3) is 11.9 Å². The molecular formula is C10H9FN2O2. The minimum Gasteiger partial charge on any atom is -0.479 e. The highest BCUT2D eigenvalue weighted by Crippen LogP contribution is 2.12. The molecule has 0 saturated heterocycles. The lowest BCUT2D eigenvalue weighted by Crippen LogP contribution is -2.29. The van der Waals surface area contributed by atoms with Crippen molar-refractivity contribution in [2.24, 2.45) is 0 Å². The van der Waals surface area contributed by atoms with Gasteiger partial charge in [-0.15, -0.1) is 6.42 Å². The molecule has 1 heterocycles. The fourth-order valence-electron chi connectivity index (χ4n) is 0.823. The van der Waals surface area contributed by atoms with Crippen LogP contribution >= 0.6 is 0 Å². The molecule has 0 bridgehead atoms. The molecule has 0 fully saturated rings. The Hall–Kier alpha value is -2.09. The van der Waals surface area contributed by atoms with E-state index in [1.807, 2.05) is 0 Å². The first-order valence-electron chi connectivity index (χ1n) is 4.17. The quantitative estimate of drug-likeness (QED) is 0.573. The van der Waals surface area contributed by atoms with Crippen LogP contribution in [0, 0.1) is 18.3 Å². The summed E-state index contributed by atoms with van der Waals surface area (Å²) in [5, 5.41) is 2.38. The summed E-state index contributed by atoms with van der Waals surface area (Å²) in [6, 6.07) is 2.90. The van der Waals surface area contributed by atoms with Gasteiger partial charge in [-0.1, -0.05) is 5.92 Å². The van der Waals surface area contributed by atoms with Crippen LogP contribution in [-0.4, -0.2) is 24.0 Å². The van der Waals surface area contributed by atoms with Gasteiger partial charge in [0.15, 0.2) is 12.4 Å². The first-order chi connectivity index (χ1) is 7.24. The minimum absolute atomic E-state index is 0.0617. The summed E-state index contributed by atoms with van der Waals surface area (Å²) in [7, 11) is 0. The molecule has 5 heteroatoms. The predicted molar refractivity (Wildman–Crippen MR) is 51.5 cm³/mol. The van der Waals surface area contributed by atoms with E-state index >= 15 is 0 Å². The standard InChI is InChI=1S/C10H9FN2O2/c1-2-5-12-9(14)7-15-8-4-3-6-13-10(8)11/h1,3-4,6H,5,7H2,(H,12,14). The number of carbonyl (C=O) groups excluding carboxylic acids is 1. The highest BCUT2D eigenvalue weighted by Gasteiger charge is 2.05. The molecule has 4 nitrogen and oxygen atoms in total. The van der Waals surface area contributed by atoms with Crippen molar-refractivity contribution in [3.63, 3.8) is 0 Å². The van der Waals surface area contributed by atoms with E-state index in [1.165, 1.54) is 18.3 Å². The largest absolute Gasteiger partial charge is 0.479 e. The van der Waals surface area contributed by atoms with Gasteiger partial charge in [-0.25, -0.2) is 4.98 Å². The maximum absolute atomic E-state index is 12.9. The lowest BCUT2D eigenvalue weighted by atomic mass is 10.4. The number of nitrogens with zero attached hydrogens (tertiary/aromatic N) is 1. The molecule has 0 aliphatic rings. The van der Waals surface area contributed by atoms with E-state index in [4.69, 9.17) is 11.2 Å². The van der Waals surface area contributed by atoms with Crippen molar-refractivity contribution in [2.75, 3.05) is 13.2 Å². The van der Waals surface area contributed by atoms with Crippen molar-refractivity contribution in [1.82, 2.24) is 10.3 Å². The van der Waals surface area contributed by atoms with Gasteiger partial charge in [-0.3, -0.25) is 4.79 Å². The molecule has 0 aliphatic heterocycles. The highest BCUT2D eigenvalue weighted by atomic mass is 19.1. The molecule has 0 aliphatic carbocycles. The Kier molecular flexibility index (Phi) is 4.10. The molecule has 0 atom stereocenters. The second kappa shape index (κ2) is 5.60. The average Bonchev–Trinajstić information content (AvgIpc) is 2.25. The van der Waals surface area contributed by atoms with E-state index in [0.29, 0.717) is 0 Å². The number of amides is 1. The molecule has 1 rings (SSSR count). The van der Waals surface area contributed by atoms with Crippen LogP contribution in [-0.2, 0) is 4.79 Å². The van der Waals surface area contributed by atoms with Crippen molar-refractivity contribution in [2.45, 2.75) is 0 Å². The molecular weight excluding hydrogens is 199 g/mol. The summed E-state index contributed by atoms with van der Waals surface area (Å²) < 4.78 is 17.8. The number of hydrogen-bond donors (Lipinski definition) is 1. The van der Waals surface area contributed by atoms with Crippen molar-refractivity contribution < 1.29 is 13.9 Å². The van der Waals surface area contributed by atoms with Crippen LogP contribution in [0.15, 0.2) is 18.3 Å². The molecule has 0 saturated carbocycles. The molecule has 0 aromatic carbocycles. The third kappa shape index (κ3) is 3.65. The first-order valence-corrected chi connectivity index (χ1v) is 4.17. The zero-order valence-electron chi connectivity index (χ0n) is 7.87. The van der Waals surface area contributed by atoms with Gasteiger partial charge < -0.3 is 10.1 Å². The topological polar surface area (TPSA) is 51.2 Å². The third-order valence-corrected chi connectivity index (χ3v) is 1.47. The van der Waals surface area contributed by atoms with Crippen LogP contribution in [0.1, 0.15) is 0 Å². The fourth-order valence-corrected chi connectivity index (χ4v) is 0.823. The Morgan fingerprint density at radius 2 is 2.53 bits per heavy atom. The third-order valence-electron chi connectivity index (χ3n) is 1.47. The highest BCUT2D eigenvalue weighted by molar-refractivity contribution is 5.77. The molecule has 1 aromatic heterocycles. The van der Waals surface area contributed by atoms with E-state index in [-0.39, 0.29) is 18.9 Å². The summed E-state index contributed by atoms with van der Waals surface area (Å²) in [5.41, 5.74) is 0. The lowest BCUT2D eigenvalue weighted by Gasteiger charge is -2.05. The molecule has 0 spiro atoms. The van der Waals surface area contributed by atoms with Gasteiger partial charge >= 0.3 is 0 Å². The normalized spacial score (nSPS) is 9.07. The molecule has 1 N–H and O–H groups in total.